The van der Waals surface area contributed by atoms with Gasteiger partial charge in [0.1, 0.15) is 11.4 Å². The Balaban J connectivity index is 0.000000709. The van der Waals surface area contributed by atoms with Crippen molar-refractivity contribution in [1.82, 2.24) is 24.9 Å². The number of pyridine rings is 1. The molecule has 0 amide bonds. The van der Waals surface area contributed by atoms with Gasteiger partial charge in [-0.2, -0.15) is 0 Å². The number of methoxy groups -OCH3 is 1. The van der Waals surface area contributed by atoms with E-state index in [9.17, 15) is 9.18 Å². The number of nitrogens with one attached hydrogen (secondary N) is 1. The number of ether oxygens (including phenoxy) is 2. The number of fused-ring (bicyclic) bond motifs is 1. The van der Waals surface area contributed by atoms with E-state index < -0.39 is 0 Å². The van der Waals surface area contributed by atoms with Crippen molar-refractivity contribution < 1.29 is 18.7 Å². The molecular formula is C26H21BrFN5O3. The summed E-state index contributed by atoms with van der Waals surface area (Å²) in [7, 11) is 1.54. The summed E-state index contributed by atoms with van der Waals surface area (Å²) in [5.74, 6) is 1.32. The second-order valence-electron chi connectivity index (χ2n) is 7.21. The van der Waals surface area contributed by atoms with E-state index in [0.29, 0.717) is 45.5 Å². The lowest BCUT2D eigenvalue weighted by molar-refractivity contribution is 0.103. The molecule has 1 N–H and O–H groups in total. The highest BCUT2D eigenvalue weighted by atomic mass is 79.9. The van der Waals surface area contributed by atoms with Gasteiger partial charge < -0.3 is 14.5 Å². The number of hydrogen-bond donors (Lipinski definition) is 1. The van der Waals surface area contributed by atoms with Crippen LogP contribution in [0.5, 0.6) is 17.5 Å². The third-order valence-electron chi connectivity index (χ3n) is 4.89. The first-order chi connectivity index (χ1) is 17.6. The lowest BCUT2D eigenvalue weighted by Gasteiger charge is -2.11. The molecule has 10 heteroatoms. The zero-order valence-corrected chi connectivity index (χ0v) is 20.8. The number of aromatic amines is 1. The minimum atomic E-state index is -0.264. The minimum absolute atomic E-state index is 0.201. The van der Waals surface area contributed by atoms with Gasteiger partial charge in [0.25, 0.3) is 0 Å². The van der Waals surface area contributed by atoms with E-state index in [-0.39, 0.29) is 12.5 Å². The SMILES string of the molecule is COc1ncccc1-c1nccnc1Oc1ccc(C(=O)c2nc3ccccc3[nH]2)cc1.FCCBr. The largest absolute Gasteiger partial charge is 0.481 e. The van der Waals surface area contributed by atoms with Crippen LogP contribution in [0.1, 0.15) is 16.2 Å². The quantitative estimate of drug-likeness (QED) is 0.202. The Kier molecular flexibility index (Phi) is 8.30. The van der Waals surface area contributed by atoms with Crippen LogP contribution in [0.2, 0.25) is 0 Å². The number of benzene rings is 2. The monoisotopic (exact) mass is 549 g/mol. The average molecular weight is 550 g/mol. The number of para-hydroxylation sites is 2. The third-order valence-corrected chi connectivity index (χ3v) is 5.19. The fourth-order valence-corrected chi connectivity index (χ4v) is 3.30. The van der Waals surface area contributed by atoms with Gasteiger partial charge in [0, 0.05) is 29.5 Å². The van der Waals surface area contributed by atoms with Gasteiger partial charge in [-0.15, -0.1) is 0 Å². The zero-order valence-electron chi connectivity index (χ0n) is 19.2. The standard InChI is InChI=1S/C24H17N5O3.C2H4BrF/c1-31-23-17(5-4-12-26-23)20-24(27-14-13-25-20)32-16-10-8-15(9-11-16)21(30)22-28-18-6-2-3-7-19(18)29-22;3-1-2-4/h2-14H,1H3,(H,28,29);1-2H2. The fraction of sp³-hybridized carbons (Fsp3) is 0.115. The summed E-state index contributed by atoms with van der Waals surface area (Å²) in [6.45, 7) is -0.264. The van der Waals surface area contributed by atoms with Crippen molar-refractivity contribution in [3.63, 3.8) is 0 Å². The maximum atomic E-state index is 12.8. The summed E-state index contributed by atoms with van der Waals surface area (Å²) >= 11 is 2.87. The molecule has 0 aliphatic heterocycles. The van der Waals surface area contributed by atoms with Crippen LogP contribution in [-0.2, 0) is 0 Å². The van der Waals surface area contributed by atoms with Gasteiger partial charge in [-0.25, -0.2) is 19.9 Å². The molecule has 3 heterocycles. The first kappa shape index (κ1) is 24.9. The number of imidazole rings is 1. The van der Waals surface area contributed by atoms with Crippen LogP contribution >= 0.6 is 15.9 Å². The minimum Gasteiger partial charge on any atom is -0.481 e. The molecule has 8 nitrogen and oxygen atoms in total. The number of nitrogens with zero attached hydrogens (tertiary/aromatic N) is 4. The summed E-state index contributed by atoms with van der Waals surface area (Å²) in [6, 6.07) is 17.9. The normalized spacial score (nSPS) is 10.4. The number of alkyl halides is 2. The molecule has 0 radical (unpaired) electrons. The number of H-pyrrole nitrogens is 1. The molecule has 2 aromatic carbocycles. The summed E-state index contributed by atoms with van der Waals surface area (Å²) in [4.78, 5) is 33.1. The number of hydrogen-bond acceptors (Lipinski definition) is 7. The Bertz CT molecular complexity index is 1420. The smallest absolute Gasteiger partial charge is 0.246 e. The van der Waals surface area contributed by atoms with Crippen molar-refractivity contribution in [3.8, 4) is 28.8 Å². The van der Waals surface area contributed by atoms with Crippen molar-refractivity contribution >= 4 is 32.7 Å². The molecule has 0 atom stereocenters. The Morgan fingerprint density at radius 1 is 0.944 bits per heavy atom. The predicted molar refractivity (Wildman–Crippen MR) is 138 cm³/mol. The highest BCUT2D eigenvalue weighted by Crippen LogP contribution is 2.33. The molecule has 0 spiro atoms. The Hall–Kier alpha value is -4.18. The number of carbonyl (C=O) groups excluding carboxylic acids is 1. The molecule has 0 aliphatic rings. The van der Waals surface area contributed by atoms with Crippen LogP contribution in [0, 0.1) is 0 Å². The van der Waals surface area contributed by atoms with Gasteiger partial charge in [-0.05, 0) is 48.5 Å². The molecule has 5 rings (SSSR count). The van der Waals surface area contributed by atoms with E-state index in [1.807, 2.05) is 30.3 Å². The first-order valence-corrected chi connectivity index (χ1v) is 12.0. The first-order valence-electron chi connectivity index (χ1n) is 10.8. The fourth-order valence-electron chi connectivity index (χ4n) is 3.30. The van der Waals surface area contributed by atoms with Crippen LogP contribution in [0.15, 0.2) is 79.3 Å². The summed E-state index contributed by atoms with van der Waals surface area (Å²) in [5, 5.41) is 0.465. The highest BCUT2D eigenvalue weighted by Gasteiger charge is 2.17. The van der Waals surface area contributed by atoms with Crippen LogP contribution < -0.4 is 9.47 Å². The number of ketones is 1. The number of rotatable bonds is 7. The summed E-state index contributed by atoms with van der Waals surface area (Å²) < 4.78 is 22.0. The number of carbonyl (C=O) groups is 1. The maximum Gasteiger partial charge on any atom is 0.246 e. The van der Waals surface area contributed by atoms with Gasteiger partial charge in [0.2, 0.25) is 17.5 Å². The van der Waals surface area contributed by atoms with Gasteiger partial charge in [-0.3, -0.25) is 9.18 Å². The Morgan fingerprint density at radius 2 is 1.67 bits per heavy atom. The van der Waals surface area contributed by atoms with Crippen molar-refractivity contribution in [2.75, 3.05) is 19.1 Å². The summed E-state index contributed by atoms with van der Waals surface area (Å²) in [5.41, 5.74) is 3.22. The molecule has 0 saturated heterocycles. The highest BCUT2D eigenvalue weighted by molar-refractivity contribution is 9.09. The second-order valence-corrected chi connectivity index (χ2v) is 8.00. The van der Waals surface area contributed by atoms with Crippen molar-refractivity contribution in [1.29, 1.82) is 0 Å². The van der Waals surface area contributed by atoms with Crippen LogP contribution in [0.25, 0.3) is 22.3 Å². The molecule has 0 bridgehead atoms. The van der Waals surface area contributed by atoms with Crippen molar-refractivity contribution in [2.45, 2.75) is 0 Å². The van der Waals surface area contributed by atoms with E-state index in [2.05, 4.69) is 40.8 Å². The van der Waals surface area contributed by atoms with E-state index in [1.54, 1.807) is 56.0 Å². The van der Waals surface area contributed by atoms with Crippen molar-refractivity contribution in [2.24, 2.45) is 0 Å². The van der Waals surface area contributed by atoms with Crippen molar-refractivity contribution in [3.05, 3.63) is 90.6 Å². The Labute approximate surface area is 214 Å². The second kappa shape index (κ2) is 12.0. The zero-order chi connectivity index (χ0) is 25.3. The molecule has 0 saturated carbocycles. The number of aromatic nitrogens is 5. The average Bonchev–Trinajstić information content (AvgIpc) is 3.38. The molecular weight excluding hydrogens is 529 g/mol. The molecule has 36 heavy (non-hydrogen) atoms. The molecule has 3 aromatic heterocycles. The third kappa shape index (κ3) is 5.72. The molecule has 0 aliphatic carbocycles. The molecule has 182 valence electrons. The van der Waals surface area contributed by atoms with E-state index in [4.69, 9.17) is 9.47 Å². The maximum absolute atomic E-state index is 12.8. The van der Waals surface area contributed by atoms with Gasteiger partial charge in [-0.1, -0.05) is 28.1 Å². The molecule has 0 unspecified atom stereocenters. The lowest BCUT2D eigenvalue weighted by Crippen LogP contribution is -2.03. The van der Waals surface area contributed by atoms with Gasteiger partial charge in [0.15, 0.2) is 5.82 Å². The van der Waals surface area contributed by atoms with E-state index in [0.717, 1.165) is 11.0 Å². The van der Waals surface area contributed by atoms with Crippen LogP contribution in [-0.4, -0.2) is 49.8 Å². The van der Waals surface area contributed by atoms with E-state index in [1.165, 1.54) is 0 Å². The Morgan fingerprint density at radius 3 is 2.39 bits per heavy atom. The predicted octanol–water partition coefficient (Wildman–Crippen LogP) is 5.80. The number of halogens is 2. The van der Waals surface area contributed by atoms with Crippen LogP contribution in [0.4, 0.5) is 4.39 Å². The topological polar surface area (TPSA) is 103 Å². The molecule has 5 aromatic rings. The van der Waals surface area contributed by atoms with E-state index >= 15 is 0 Å². The van der Waals surface area contributed by atoms with Gasteiger partial charge in [0.05, 0.1) is 30.4 Å². The van der Waals surface area contributed by atoms with Gasteiger partial charge >= 0.3 is 0 Å². The summed E-state index contributed by atoms with van der Waals surface area (Å²) in [6.07, 6.45) is 4.75. The molecule has 0 fully saturated rings. The lowest BCUT2D eigenvalue weighted by atomic mass is 10.1. The van der Waals surface area contributed by atoms with Crippen LogP contribution in [0.3, 0.4) is 0 Å².